The number of hydrogen-bond acceptors (Lipinski definition) is 0. The monoisotopic (exact) mass is 210 g/mol. The molecular formula is C12H12ClF. The average molecular weight is 211 g/mol. The summed E-state index contributed by atoms with van der Waals surface area (Å²) < 4.78 is 13.5. The topological polar surface area (TPSA) is 0 Å². The largest absolute Gasteiger partial charge is 0.207 e. The molecule has 74 valence electrons. The number of terminal acetylenes is 1. The van der Waals surface area contributed by atoms with E-state index in [1.165, 1.54) is 6.07 Å². The summed E-state index contributed by atoms with van der Waals surface area (Å²) in [6.45, 7) is 1.98. The maximum atomic E-state index is 13.5. The second-order valence-electron chi connectivity index (χ2n) is 3.15. The molecule has 0 radical (unpaired) electrons. The Hall–Kier alpha value is -1.00. The van der Waals surface area contributed by atoms with Crippen molar-refractivity contribution >= 4 is 11.6 Å². The minimum absolute atomic E-state index is 0.0219. The molecule has 1 aromatic rings. The second kappa shape index (κ2) is 5.02. The molecule has 1 atom stereocenters. The van der Waals surface area contributed by atoms with Crippen LogP contribution in [0.3, 0.4) is 0 Å². The minimum atomic E-state index is -0.264. The van der Waals surface area contributed by atoms with Gasteiger partial charge >= 0.3 is 0 Å². The van der Waals surface area contributed by atoms with E-state index in [0.717, 1.165) is 6.42 Å². The molecule has 0 aliphatic carbocycles. The predicted molar refractivity (Wildman–Crippen MR) is 57.9 cm³/mol. The van der Waals surface area contributed by atoms with Crippen LogP contribution in [0.4, 0.5) is 4.39 Å². The van der Waals surface area contributed by atoms with Crippen LogP contribution >= 0.6 is 11.6 Å². The van der Waals surface area contributed by atoms with Crippen LogP contribution in [0.5, 0.6) is 0 Å². The van der Waals surface area contributed by atoms with Gasteiger partial charge in [0, 0.05) is 17.0 Å². The number of halogens is 2. The van der Waals surface area contributed by atoms with Gasteiger partial charge in [-0.1, -0.05) is 24.6 Å². The van der Waals surface area contributed by atoms with Crippen LogP contribution in [-0.4, -0.2) is 0 Å². The zero-order chi connectivity index (χ0) is 10.6. The molecular weight excluding hydrogens is 199 g/mol. The summed E-state index contributed by atoms with van der Waals surface area (Å²) in [6, 6.07) is 4.71. The number of benzene rings is 1. The van der Waals surface area contributed by atoms with Gasteiger partial charge in [-0.05, 0) is 24.5 Å². The lowest BCUT2D eigenvalue weighted by Crippen LogP contribution is -2.00. The van der Waals surface area contributed by atoms with Crippen molar-refractivity contribution < 1.29 is 4.39 Å². The molecule has 1 unspecified atom stereocenters. The molecule has 0 nitrogen and oxygen atoms in total. The Balaban J connectivity index is 3.09. The van der Waals surface area contributed by atoms with Gasteiger partial charge in [0.25, 0.3) is 0 Å². The van der Waals surface area contributed by atoms with E-state index in [1.54, 1.807) is 12.1 Å². The molecule has 0 amide bonds. The van der Waals surface area contributed by atoms with Crippen molar-refractivity contribution in [2.75, 3.05) is 0 Å². The van der Waals surface area contributed by atoms with Crippen molar-refractivity contribution in [3.8, 4) is 12.3 Å². The normalized spacial score (nSPS) is 12.1. The summed E-state index contributed by atoms with van der Waals surface area (Å²) in [5.74, 6) is 2.30. The summed E-state index contributed by atoms with van der Waals surface area (Å²) in [5, 5.41) is 0.465. The molecule has 0 N–H and O–H groups in total. The first kappa shape index (κ1) is 11.1. The quantitative estimate of drug-likeness (QED) is 0.662. The summed E-state index contributed by atoms with van der Waals surface area (Å²) >= 11 is 5.93. The van der Waals surface area contributed by atoms with Crippen LogP contribution in [-0.2, 0) is 0 Å². The molecule has 0 heterocycles. The molecule has 0 aliphatic rings. The van der Waals surface area contributed by atoms with Crippen LogP contribution in [0, 0.1) is 18.2 Å². The van der Waals surface area contributed by atoms with Gasteiger partial charge < -0.3 is 0 Å². The Morgan fingerprint density at radius 1 is 1.57 bits per heavy atom. The highest BCUT2D eigenvalue weighted by Gasteiger charge is 2.16. The van der Waals surface area contributed by atoms with E-state index in [0.29, 0.717) is 17.0 Å². The average Bonchev–Trinajstić information content (AvgIpc) is 2.16. The SMILES string of the molecule is C#CCC(CC)c1c(F)cccc1Cl. The van der Waals surface area contributed by atoms with E-state index < -0.39 is 0 Å². The molecule has 0 spiro atoms. The Kier molecular flexibility index (Phi) is 3.98. The second-order valence-corrected chi connectivity index (χ2v) is 3.56. The first-order chi connectivity index (χ1) is 6.70. The fourth-order valence-corrected chi connectivity index (χ4v) is 1.81. The minimum Gasteiger partial charge on any atom is -0.207 e. The standard InChI is InChI=1S/C12H12ClF/c1-3-6-9(4-2)12-10(13)7-5-8-11(12)14/h1,5,7-9H,4,6H2,2H3. The van der Waals surface area contributed by atoms with Crippen LogP contribution in [0.25, 0.3) is 0 Å². The van der Waals surface area contributed by atoms with E-state index in [1.807, 2.05) is 6.92 Å². The lowest BCUT2D eigenvalue weighted by atomic mass is 9.93. The zero-order valence-corrected chi connectivity index (χ0v) is 8.81. The summed E-state index contributed by atoms with van der Waals surface area (Å²) in [7, 11) is 0. The molecule has 14 heavy (non-hydrogen) atoms. The maximum absolute atomic E-state index is 13.5. The zero-order valence-electron chi connectivity index (χ0n) is 8.06. The predicted octanol–water partition coefficient (Wildman–Crippen LogP) is 4.00. The van der Waals surface area contributed by atoms with Gasteiger partial charge in [-0.3, -0.25) is 0 Å². The highest BCUT2D eigenvalue weighted by molar-refractivity contribution is 6.31. The van der Waals surface area contributed by atoms with Crippen LogP contribution < -0.4 is 0 Å². The molecule has 0 aliphatic heterocycles. The fraction of sp³-hybridized carbons (Fsp3) is 0.333. The van der Waals surface area contributed by atoms with Gasteiger partial charge in [0.15, 0.2) is 0 Å². The smallest absolute Gasteiger partial charge is 0.128 e. The molecule has 1 rings (SSSR count). The third kappa shape index (κ3) is 2.27. The third-order valence-electron chi connectivity index (χ3n) is 2.27. The van der Waals surface area contributed by atoms with Gasteiger partial charge in [-0.15, -0.1) is 12.3 Å². The van der Waals surface area contributed by atoms with E-state index in [4.69, 9.17) is 18.0 Å². The van der Waals surface area contributed by atoms with Crippen LogP contribution in [0.1, 0.15) is 31.2 Å². The van der Waals surface area contributed by atoms with Gasteiger partial charge in [-0.2, -0.15) is 0 Å². The highest BCUT2D eigenvalue weighted by Crippen LogP contribution is 2.31. The summed E-state index contributed by atoms with van der Waals surface area (Å²) in [4.78, 5) is 0. The van der Waals surface area contributed by atoms with Gasteiger partial charge in [0.2, 0.25) is 0 Å². The van der Waals surface area contributed by atoms with Crippen molar-refractivity contribution in [1.29, 1.82) is 0 Å². The fourth-order valence-electron chi connectivity index (χ4n) is 1.49. The first-order valence-electron chi connectivity index (χ1n) is 4.58. The Morgan fingerprint density at radius 2 is 2.29 bits per heavy atom. The number of hydrogen-bond donors (Lipinski definition) is 0. The summed E-state index contributed by atoms with van der Waals surface area (Å²) in [5.41, 5.74) is 0.551. The number of rotatable bonds is 3. The molecule has 0 bridgehead atoms. The van der Waals surface area contributed by atoms with Crippen molar-refractivity contribution in [2.45, 2.75) is 25.7 Å². The van der Waals surface area contributed by atoms with Gasteiger partial charge in [0.05, 0.1) is 0 Å². The van der Waals surface area contributed by atoms with E-state index in [2.05, 4.69) is 5.92 Å². The first-order valence-corrected chi connectivity index (χ1v) is 4.95. The van der Waals surface area contributed by atoms with E-state index in [9.17, 15) is 4.39 Å². The lowest BCUT2D eigenvalue weighted by molar-refractivity contribution is 0.572. The van der Waals surface area contributed by atoms with E-state index in [-0.39, 0.29) is 11.7 Å². The molecule has 1 aromatic carbocycles. The van der Waals surface area contributed by atoms with Crippen molar-refractivity contribution in [3.05, 3.63) is 34.6 Å². The van der Waals surface area contributed by atoms with Gasteiger partial charge in [-0.25, -0.2) is 4.39 Å². The Labute approximate surface area is 89.1 Å². The third-order valence-corrected chi connectivity index (χ3v) is 2.59. The van der Waals surface area contributed by atoms with E-state index >= 15 is 0 Å². The maximum Gasteiger partial charge on any atom is 0.128 e. The van der Waals surface area contributed by atoms with Crippen molar-refractivity contribution in [2.24, 2.45) is 0 Å². The molecule has 2 heteroatoms. The Morgan fingerprint density at radius 3 is 2.79 bits per heavy atom. The molecule has 0 saturated carbocycles. The van der Waals surface area contributed by atoms with Gasteiger partial charge in [0.1, 0.15) is 5.82 Å². The van der Waals surface area contributed by atoms with Crippen LogP contribution in [0.15, 0.2) is 18.2 Å². The summed E-state index contributed by atoms with van der Waals surface area (Å²) in [6.07, 6.45) is 6.55. The molecule has 0 saturated heterocycles. The van der Waals surface area contributed by atoms with Crippen molar-refractivity contribution in [1.82, 2.24) is 0 Å². The molecule has 0 aromatic heterocycles. The lowest BCUT2D eigenvalue weighted by Gasteiger charge is -2.14. The van der Waals surface area contributed by atoms with Crippen molar-refractivity contribution in [3.63, 3.8) is 0 Å². The Bertz CT molecular complexity index is 332. The van der Waals surface area contributed by atoms with Crippen LogP contribution in [0.2, 0.25) is 5.02 Å². The molecule has 0 fully saturated rings. The highest BCUT2D eigenvalue weighted by atomic mass is 35.5.